The number of carboxylic acids is 1. The molecule has 17 heavy (non-hydrogen) atoms. The van der Waals surface area contributed by atoms with Gasteiger partial charge in [-0.3, -0.25) is 9.69 Å². The minimum absolute atomic E-state index is 0.0808. The van der Waals surface area contributed by atoms with Crippen LogP contribution in [0.1, 0.15) is 33.1 Å². The van der Waals surface area contributed by atoms with Crippen molar-refractivity contribution >= 4 is 12.4 Å². The lowest BCUT2D eigenvalue weighted by Crippen LogP contribution is -2.58. The first-order valence-electron chi connectivity index (χ1n) is 6.22. The summed E-state index contributed by atoms with van der Waals surface area (Å²) in [6.45, 7) is 4.98. The predicted octanol–water partition coefficient (Wildman–Crippen LogP) is 0.545. The number of carboxylic acid groups (broad SMARTS) is 1. The molecule has 0 radical (unpaired) electrons. The minimum atomic E-state index is -1.02. The van der Waals surface area contributed by atoms with E-state index in [1.54, 1.807) is 0 Å². The van der Waals surface area contributed by atoms with Gasteiger partial charge >= 0.3 is 5.97 Å². The van der Waals surface area contributed by atoms with Gasteiger partial charge in [-0.25, -0.2) is 4.79 Å². The molecule has 0 bridgehead atoms. The van der Waals surface area contributed by atoms with E-state index >= 15 is 0 Å². The maximum atomic E-state index is 11.6. The molecular formula is C12H20N2O3. The molecule has 1 aliphatic carbocycles. The topological polar surface area (TPSA) is 60.9 Å². The van der Waals surface area contributed by atoms with Crippen LogP contribution in [0.15, 0.2) is 0 Å². The second-order valence-electron chi connectivity index (χ2n) is 5.39. The van der Waals surface area contributed by atoms with Gasteiger partial charge < -0.3 is 10.0 Å². The maximum Gasteiger partial charge on any atom is 0.331 e. The lowest BCUT2D eigenvalue weighted by atomic mass is 9.95. The number of aliphatic carboxylic acids is 1. The first-order chi connectivity index (χ1) is 8.01. The van der Waals surface area contributed by atoms with Crippen LogP contribution in [0.25, 0.3) is 0 Å². The first kappa shape index (κ1) is 12.4. The molecule has 1 aliphatic heterocycles. The van der Waals surface area contributed by atoms with Gasteiger partial charge in [-0.05, 0) is 33.1 Å². The Kier molecular flexibility index (Phi) is 3.12. The Morgan fingerprint density at radius 1 is 1.53 bits per heavy atom. The molecule has 2 rings (SSSR count). The van der Waals surface area contributed by atoms with E-state index in [9.17, 15) is 14.7 Å². The molecular weight excluding hydrogens is 220 g/mol. The van der Waals surface area contributed by atoms with E-state index in [2.05, 4.69) is 4.90 Å². The Morgan fingerprint density at radius 3 is 2.59 bits per heavy atom. The third-order valence-electron chi connectivity index (χ3n) is 3.90. The highest BCUT2D eigenvalue weighted by molar-refractivity contribution is 5.82. The van der Waals surface area contributed by atoms with Crippen molar-refractivity contribution in [3.8, 4) is 0 Å². The van der Waals surface area contributed by atoms with E-state index in [1.807, 2.05) is 13.8 Å². The van der Waals surface area contributed by atoms with Crippen LogP contribution in [0.5, 0.6) is 0 Å². The van der Waals surface area contributed by atoms with Crippen LogP contribution in [0.3, 0.4) is 0 Å². The summed E-state index contributed by atoms with van der Waals surface area (Å²) in [6.07, 6.45) is 3.56. The average molecular weight is 240 g/mol. The van der Waals surface area contributed by atoms with Crippen molar-refractivity contribution in [2.75, 3.05) is 13.1 Å². The molecule has 1 atom stereocenters. The molecule has 5 heteroatoms. The second kappa shape index (κ2) is 4.29. The van der Waals surface area contributed by atoms with Gasteiger partial charge in [0.1, 0.15) is 0 Å². The highest BCUT2D eigenvalue weighted by Gasteiger charge is 2.52. The smallest absolute Gasteiger partial charge is 0.331 e. The van der Waals surface area contributed by atoms with Gasteiger partial charge in [0.15, 0.2) is 5.54 Å². The van der Waals surface area contributed by atoms with Crippen LogP contribution in [0.2, 0.25) is 0 Å². The number of nitrogens with zero attached hydrogens (tertiary/aromatic N) is 2. The van der Waals surface area contributed by atoms with E-state index in [-0.39, 0.29) is 6.04 Å². The van der Waals surface area contributed by atoms with Crippen LogP contribution in [0, 0.1) is 0 Å². The number of amides is 1. The molecule has 0 spiro atoms. The van der Waals surface area contributed by atoms with E-state index < -0.39 is 11.5 Å². The van der Waals surface area contributed by atoms with Gasteiger partial charge in [-0.1, -0.05) is 0 Å². The van der Waals surface area contributed by atoms with Gasteiger partial charge in [0, 0.05) is 25.2 Å². The Bertz CT molecular complexity index is 328. The fourth-order valence-electron chi connectivity index (χ4n) is 2.79. The van der Waals surface area contributed by atoms with Crippen LogP contribution in [-0.2, 0) is 9.59 Å². The van der Waals surface area contributed by atoms with Crippen molar-refractivity contribution in [3.05, 3.63) is 0 Å². The minimum Gasteiger partial charge on any atom is -0.479 e. The van der Waals surface area contributed by atoms with Gasteiger partial charge in [-0.2, -0.15) is 0 Å². The molecule has 5 nitrogen and oxygen atoms in total. The molecule has 2 fully saturated rings. The number of rotatable bonds is 5. The third kappa shape index (κ3) is 2.04. The molecule has 1 heterocycles. The van der Waals surface area contributed by atoms with Gasteiger partial charge in [0.2, 0.25) is 6.41 Å². The quantitative estimate of drug-likeness (QED) is 0.713. The molecule has 1 unspecified atom stereocenters. The zero-order valence-corrected chi connectivity index (χ0v) is 10.4. The fraction of sp³-hybridized carbons (Fsp3) is 0.833. The number of carbonyl (C=O) groups is 2. The third-order valence-corrected chi connectivity index (χ3v) is 3.90. The molecule has 0 aromatic heterocycles. The summed E-state index contributed by atoms with van der Waals surface area (Å²) < 4.78 is 0. The molecule has 1 saturated heterocycles. The largest absolute Gasteiger partial charge is 0.479 e. The van der Waals surface area contributed by atoms with Crippen molar-refractivity contribution in [1.29, 1.82) is 0 Å². The van der Waals surface area contributed by atoms with E-state index in [1.165, 1.54) is 17.7 Å². The molecule has 0 aromatic carbocycles. The number of hydrogen-bond donors (Lipinski definition) is 1. The second-order valence-corrected chi connectivity index (χ2v) is 5.39. The summed E-state index contributed by atoms with van der Waals surface area (Å²) in [6, 6.07) is 0.472. The van der Waals surface area contributed by atoms with Gasteiger partial charge in [0.25, 0.3) is 0 Å². The maximum absolute atomic E-state index is 11.6. The van der Waals surface area contributed by atoms with Crippen molar-refractivity contribution in [3.63, 3.8) is 0 Å². The highest BCUT2D eigenvalue weighted by atomic mass is 16.4. The normalized spacial score (nSPS) is 29.6. The fourth-order valence-corrected chi connectivity index (χ4v) is 2.79. The Morgan fingerprint density at radius 2 is 2.18 bits per heavy atom. The Labute approximate surface area is 101 Å². The highest BCUT2D eigenvalue weighted by Crippen LogP contribution is 2.36. The SMILES string of the molecule is CC(C)N(C=O)C1(C(=O)O)CCN(C2CC2)C1. The molecule has 1 N–H and O–H groups in total. The number of hydrogen-bond acceptors (Lipinski definition) is 3. The monoisotopic (exact) mass is 240 g/mol. The lowest BCUT2D eigenvalue weighted by Gasteiger charge is -2.38. The summed E-state index contributed by atoms with van der Waals surface area (Å²) in [5, 5.41) is 9.51. The average Bonchev–Trinajstić information content (AvgIpc) is 3.00. The zero-order chi connectivity index (χ0) is 12.6. The van der Waals surface area contributed by atoms with E-state index in [0.717, 1.165) is 6.54 Å². The Balaban J connectivity index is 2.20. The van der Waals surface area contributed by atoms with Crippen LogP contribution >= 0.6 is 0 Å². The predicted molar refractivity (Wildman–Crippen MR) is 62.6 cm³/mol. The zero-order valence-electron chi connectivity index (χ0n) is 10.4. The molecule has 96 valence electrons. The first-order valence-corrected chi connectivity index (χ1v) is 6.22. The molecule has 1 amide bonds. The summed E-state index contributed by atoms with van der Waals surface area (Å²) in [4.78, 5) is 26.5. The van der Waals surface area contributed by atoms with Crippen LogP contribution < -0.4 is 0 Å². The summed E-state index contributed by atoms with van der Waals surface area (Å²) >= 11 is 0. The molecule has 0 aromatic rings. The molecule has 2 aliphatic rings. The number of carbonyl (C=O) groups excluding carboxylic acids is 1. The van der Waals surface area contributed by atoms with E-state index in [4.69, 9.17) is 0 Å². The Hall–Kier alpha value is -1.10. The standard InChI is InChI=1S/C12H20N2O3/c1-9(2)14(8-15)12(11(16)17)5-6-13(7-12)10-3-4-10/h8-10H,3-7H2,1-2H3,(H,16,17). The summed E-state index contributed by atoms with van der Waals surface area (Å²) in [7, 11) is 0. The summed E-state index contributed by atoms with van der Waals surface area (Å²) in [5.41, 5.74) is -1.02. The van der Waals surface area contributed by atoms with Crippen LogP contribution in [0.4, 0.5) is 0 Å². The van der Waals surface area contributed by atoms with Crippen molar-refractivity contribution < 1.29 is 14.7 Å². The lowest BCUT2D eigenvalue weighted by molar-refractivity contribution is -0.156. The van der Waals surface area contributed by atoms with Gasteiger partial charge in [0.05, 0.1) is 0 Å². The summed E-state index contributed by atoms with van der Waals surface area (Å²) in [5.74, 6) is -0.874. The number of likely N-dealkylation sites (tertiary alicyclic amines) is 1. The van der Waals surface area contributed by atoms with Crippen molar-refractivity contribution in [2.24, 2.45) is 0 Å². The van der Waals surface area contributed by atoms with Crippen LogP contribution in [-0.4, -0.2) is 58.0 Å². The van der Waals surface area contributed by atoms with Gasteiger partial charge in [-0.15, -0.1) is 0 Å². The van der Waals surface area contributed by atoms with Crippen molar-refractivity contribution in [1.82, 2.24) is 9.80 Å². The van der Waals surface area contributed by atoms with Crippen molar-refractivity contribution in [2.45, 2.75) is 50.7 Å². The van der Waals surface area contributed by atoms with E-state index in [0.29, 0.717) is 25.4 Å². The molecule has 1 saturated carbocycles.